The quantitative estimate of drug-likeness (QED) is 0.342. The van der Waals surface area contributed by atoms with Crippen LogP contribution in [-0.4, -0.2) is 52.2 Å². The second kappa shape index (κ2) is 8.78. The van der Waals surface area contributed by atoms with Gasteiger partial charge in [0.05, 0.1) is 16.8 Å². The molecule has 0 spiro atoms. The van der Waals surface area contributed by atoms with Crippen LogP contribution >= 0.6 is 0 Å². The maximum atomic E-state index is 13.8. The average Bonchev–Trinajstić information content (AvgIpc) is 3.17. The molecule has 0 N–H and O–H groups in total. The zero-order valence-corrected chi connectivity index (χ0v) is 20.1. The van der Waals surface area contributed by atoms with Gasteiger partial charge in [-0.2, -0.15) is 23.7 Å². The molecule has 0 fully saturated rings. The lowest BCUT2D eigenvalue weighted by Crippen LogP contribution is -2.33. The van der Waals surface area contributed by atoms with E-state index in [2.05, 4.69) is 19.9 Å². The Labute approximate surface area is 206 Å². The molecule has 3 heterocycles. The summed E-state index contributed by atoms with van der Waals surface area (Å²) in [7, 11) is 5.61. The number of ether oxygens (including phenoxy) is 2. The SMILES string of the molecule is BC(B)(C)Oc1ccc2nn(-c3ccc4nn(C)cc4c3)c(=O)c(-c3ccc(OC(F)F)cc3)c2n1. The number of alkyl halides is 2. The van der Waals surface area contributed by atoms with Gasteiger partial charge < -0.3 is 9.47 Å². The fraction of sp³-hybridized carbons (Fsp3) is 0.167. The van der Waals surface area contributed by atoms with E-state index in [9.17, 15) is 13.6 Å². The second-order valence-electron chi connectivity index (χ2n) is 9.27. The minimum atomic E-state index is -2.95. The Kier molecular flexibility index (Phi) is 5.74. The van der Waals surface area contributed by atoms with Gasteiger partial charge in [-0.1, -0.05) is 12.1 Å². The molecule has 36 heavy (non-hydrogen) atoms. The highest BCUT2D eigenvalue weighted by molar-refractivity contribution is 6.38. The fourth-order valence-corrected chi connectivity index (χ4v) is 3.94. The lowest BCUT2D eigenvalue weighted by molar-refractivity contribution is -0.0498. The number of rotatable bonds is 6. The van der Waals surface area contributed by atoms with Crippen LogP contribution in [0.2, 0.25) is 0 Å². The van der Waals surface area contributed by atoms with Crippen molar-refractivity contribution in [2.24, 2.45) is 7.05 Å². The molecule has 0 bridgehead atoms. The first-order chi connectivity index (χ1) is 17.1. The molecule has 0 saturated heterocycles. The van der Waals surface area contributed by atoms with Crippen molar-refractivity contribution in [2.75, 3.05) is 0 Å². The van der Waals surface area contributed by atoms with Crippen molar-refractivity contribution in [3.05, 3.63) is 71.1 Å². The van der Waals surface area contributed by atoms with E-state index >= 15 is 0 Å². The molecule has 2 aromatic carbocycles. The van der Waals surface area contributed by atoms with Crippen molar-refractivity contribution in [1.29, 1.82) is 0 Å². The summed E-state index contributed by atoms with van der Waals surface area (Å²) in [5.74, 6) is 0.323. The number of aryl methyl sites for hydroxylation is 1. The Morgan fingerprint density at radius 3 is 2.42 bits per heavy atom. The molecule has 0 aliphatic heterocycles. The number of nitrogens with zero attached hydrogens (tertiary/aromatic N) is 5. The summed E-state index contributed by atoms with van der Waals surface area (Å²) in [6.07, 6.45) is 1.85. The fourth-order valence-electron chi connectivity index (χ4n) is 3.94. The van der Waals surface area contributed by atoms with E-state index in [1.165, 1.54) is 16.8 Å². The molecule has 5 rings (SSSR count). The molecule has 0 saturated carbocycles. The van der Waals surface area contributed by atoms with Crippen LogP contribution in [0.5, 0.6) is 11.6 Å². The molecule has 0 aliphatic rings. The van der Waals surface area contributed by atoms with Crippen molar-refractivity contribution in [3.63, 3.8) is 0 Å². The minimum absolute atomic E-state index is 0.0146. The highest BCUT2D eigenvalue weighted by Gasteiger charge is 2.20. The van der Waals surface area contributed by atoms with Crippen molar-refractivity contribution in [1.82, 2.24) is 24.5 Å². The van der Waals surface area contributed by atoms with Crippen LogP contribution < -0.4 is 15.0 Å². The first-order valence-electron chi connectivity index (χ1n) is 11.2. The standard InChI is InChI=1S/C24H21B2F2N5O3/c1-24(25,26)36-19-10-9-18-21(29-19)20(13-3-6-16(7-4-13)35-23(27)28)22(34)33(31-18)15-5-8-17-14(11-15)12-32(2)30-17/h3-12,23H,25-26H2,1-2H3. The summed E-state index contributed by atoms with van der Waals surface area (Å²) in [4.78, 5) is 18.4. The molecular formula is C24H21B2F2N5O3. The average molecular weight is 487 g/mol. The van der Waals surface area contributed by atoms with Crippen molar-refractivity contribution in [3.8, 4) is 28.4 Å². The molecule has 0 radical (unpaired) electrons. The molecule has 0 aliphatic carbocycles. The Morgan fingerprint density at radius 1 is 1.00 bits per heavy atom. The molecule has 3 aromatic heterocycles. The largest absolute Gasteiger partial charge is 0.490 e. The third-order valence-corrected chi connectivity index (χ3v) is 5.33. The van der Waals surface area contributed by atoms with Crippen LogP contribution in [0.4, 0.5) is 8.78 Å². The normalized spacial score (nSPS) is 11.9. The Bertz CT molecular complexity index is 1650. The number of fused-ring (bicyclic) bond motifs is 2. The van der Waals surface area contributed by atoms with E-state index in [0.29, 0.717) is 28.2 Å². The van der Waals surface area contributed by atoms with Gasteiger partial charge in [0.2, 0.25) is 5.88 Å². The Hall–Kier alpha value is -4.21. The van der Waals surface area contributed by atoms with Gasteiger partial charge >= 0.3 is 6.61 Å². The van der Waals surface area contributed by atoms with E-state index in [-0.39, 0.29) is 11.3 Å². The lowest BCUT2D eigenvalue weighted by Gasteiger charge is -2.21. The summed E-state index contributed by atoms with van der Waals surface area (Å²) in [6.45, 7) is -1.05. The maximum absolute atomic E-state index is 13.8. The smallest absolute Gasteiger partial charge is 0.387 e. The first-order valence-corrected chi connectivity index (χ1v) is 11.2. The summed E-state index contributed by atoms with van der Waals surface area (Å²) in [6, 6.07) is 14.7. The van der Waals surface area contributed by atoms with Gasteiger partial charge in [-0.05, 0) is 48.9 Å². The van der Waals surface area contributed by atoms with Gasteiger partial charge in [0, 0.05) is 30.1 Å². The van der Waals surface area contributed by atoms with Gasteiger partial charge in [-0.3, -0.25) is 9.48 Å². The Balaban J connectivity index is 1.73. The number of aromatic nitrogens is 5. The first kappa shape index (κ1) is 23.5. The number of hydrogen-bond donors (Lipinski definition) is 0. The summed E-state index contributed by atoms with van der Waals surface area (Å²) in [5.41, 5.74) is 2.45. The van der Waals surface area contributed by atoms with Crippen molar-refractivity contribution < 1.29 is 18.3 Å². The predicted molar refractivity (Wildman–Crippen MR) is 138 cm³/mol. The number of hydrogen-bond acceptors (Lipinski definition) is 6. The molecule has 0 unspecified atom stereocenters. The van der Waals surface area contributed by atoms with Crippen LogP contribution in [0.15, 0.2) is 65.6 Å². The third kappa shape index (κ3) is 4.66. The van der Waals surface area contributed by atoms with Gasteiger partial charge in [0.1, 0.15) is 32.5 Å². The molecule has 0 atom stereocenters. The molecule has 0 amide bonds. The van der Waals surface area contributed by atoms with Crippen LogP contribution in [0.1, 0.15) is 6.92 Å². The maximum Gasteiger partial charge on any atom is 0.387 e. The van der Waals surface area contributed by atoms with Crippen LogP contribution in [0, 0.1) is 0 Å². The molecular weight excluding hydrogens is 466 g/mol. The second-order valence-corrected chi connectivity index (χ2v) is 9.27. The van der Waals surface area contributed by atoms with Crippen molar-refractivity contribution >= 4 is 37.6 Å². The molecule has 5 aromatic rings. The molecule has 8 nitrogen and oxygen atoms in total. The van der Waals surface area contributed by atoms with Gasteiger partial charge in [-0.25, -0.2) is 4.98 Å². The highest BCUT2D eigenvalue weighted by Crippen LogP contribution is 2.28. The van der Waals surface area contributed by atoms with E-state index in [0.717, 1.165) is 10.9 Å². The predicted octanol–water partition coefficient (Wildman–Crippen LogP) is 2.25. The molecule has 12 heteroatoms. The zero-order chi connectivity index (χ0) is 25.6. The number of halogens is 2. The Morgan fingerprint density at radius 2 is 1.72 bits per heavy atom. The van der Waals surface area contributed by atoms with E-state index in [4.69, 9.17) is 4.74 Å². The van der Waals surface area contributed by atoms with Gasteiger partial charge in [0.15, 0.2) is 0 Å². The van der Waals surface area contributed by atoms with Crippen LogP contribution in [0.3, 0.4) is 0 Å². The minimum Gasteiger partial charge on any atom is -0.490 e. The molecule has 180 valence electrons. The van der Waals surface area contributed by atoms with Crippen molar-refractivity contribution in [2.45, 2.75) is 18.9 Å². The van der Waals surface area contributed by atoms with Gasteiger partial charge in [0.25, 0.3) is 5.56 Å². The van der Waals surface area contributed by atoms with Gasteiger partial charge in [-0.15, -0.1) is 0 Å². The monoisotopic (exact) mass is 487 g/mol. The summed E-state index contributed by atoms with van der Waals surface area (Å²) >= 11 is 0. The van der Waals surface area contributed by atoms with E-state index < -0.39 is 17.6 Å². The van der Waals surface area contributed by atoms with Crippen LogP contribution in [0.25, 0.3) is 38.8 Å². The van der Waals surface area contributed by atoms with Crippen LogP contribution in [-0.2, 0) is 7.05 Å². The van der Waals surface area contributed by atoms with E-state index in [1.807, 2.05) is 48.0 Å². The lowest BCUT2D eigenvalue weighted by atomic mass is 9.67. The van der Waals surface area contributed by atoms with E-state index in [1.54, 1.807) is 35.0 Å². The third-order valence-electron chi connectivity index (χ3n) is 5.33. The zero-order valence-electron chi connectivity index (χ0n) is 20.1. The number of benzene rings is 2. The number of pyridine rings is 1. The summed E-state index contributed by atoms with van der Waals surface area (Å²) in [5, 5.41) is 9.30. The highest BCUT2D eigenvalue weighted by atomic mass is 19.3. The topological polar surface area (TPSA) is 84.1 Å². The summed E-state index contributed by atoms with van der Waals surface area (Å²) < 4.78 is 38.6.